The first-order valence-corrected chi connectivity index (χ1v) is 13.7. The molecule has 0 aliphatic heterocycles. The summed E-state index contributed by atoms with van der Waals surface area (Å²) < 4.78 is 31.5. The van der Waals surface area contributed by atoms with Crippen molar-refractivity contribution in [3.63, 3.8) is 0 Å². The molecule has 184 valence electrons. The summed E-state index contributed by atoms with van der Waals surface area (Å²) in [5, 5.41) is 5.65. The van der Waals surface area contributed by atoms with Gasteiger partial charge in [0.1, 0.15) is 5.75 Å². The lowest BCUT2D eigenvalue weighted by molar-refractivity contribution is 0.102. The molecule has 1 N–H and O–H groups in total. The van der Waals surface area contributed by atoms with Crippen LogP contribution < -0.4 is 14.4 Å². The van der Waals surface area contributed by atoms with Crippen molar-refractivity contribution in [3.8, 4) is 5.75 Å². The van der Waals surface area contributed by atoms with Gasteiger partial charge in [-0.05, 0) is 71.3 Å². The fourth-order valence-electron chi connectivity index (χ4n) is 4.69. The van der Waals surface area contributed by atoms with Crippen LogP contribution in [-0.4, -0.2) is 27.7 Å². The summed E-state index contributed by atoms with van der Waals surface area (Å²) in [7, 11) is -2.09. The van der Waals surface area contributed by atoms with E-state index in [1.807, 2.05) is 18.2 Å². The van der Waals surface area contributed by atoms with Gasteiger partial charge in [0, 0.05) is 16.6 Å². The molecule has 0 saturated heterocycles. The summed E-state index contributed by atoms with van der Waals surface area (Å²) in [5.41, 5.74) is 5.06. The topological polar surface area (TPSA) is 75.7 Å². The zero-order valence-electron chi connectivity index (χ0n) is 19.9. The molecule has 0 aromatic heterocycles. The van der Waals surface area contributed by atoms with Gasteiger partial charge >= 0.3 is 0 Å². The van der Waals surface area contributed by atoms with Gasteiger partial charge in [-0.15, -0.1) is 0 Å². The van der Waals surface area contributed by atoms with Crippen molar-refractivity contribution in [1.82, 2.24) is 0 Å². The zero-order valence-corrected chi connectivity index (χ0v) is 21.5. The van der Waals surface area contributed by atoms with Crippen molar-refractivity contribution in [2.24, 2.45) is 0 Å². The molecule has 1 aliphatic carbocycles. The molecule has 0 atom stereocenters. The molecule has 0 heterocycles. The number of hydrogen-bond donors (Lipinski definition) is 1. The maximum absolute atomic E-state index is 13.0. The highest BCUT2D eigenvalue weighted by molar-refractivity contribution is 7.92. The summed E-state index contributed by atoms with van der Waals surface area (Å²) in [6.07, 6.45) is 3.20. The van der Waals surface area contributed by atoms with E-state index >= 15 is 0 Å². The smallest absolute Gasteiger partial charge is 0.255 e. The molecule has 36 heavy (non-hydrogen) atoms. The molecule has 4 aromatic carbocycles. The Labute approximate surface area is 215 Å². The van der Waals surface area contributed by atoms with Gasteiger partial charge in [-0.2, -0.15) is 0 Å². The highest BCUT2D eigenvalue weighted by Gasteiger charge is 2.20. The average molecular weight is 521 g/mol. The Kier molecular flexibility index (Phi) is 6.36. The van der Waals surface area contributed by atoms with E-state index in [9.17, 15) is 13.2 Å². The second kappa shape index (κ2) is 9.48. The fourth-order valence-corrected chi connectivity index (χ4v) is 5.82. The number of amides is 1. The van der Waals surface area contributed by atoms with Crippen LogP contribution in [0.5, 0.6) is 5.75 Å². The summed E-state index contributed by atoms with van der Waals surface area (Å²) in [6.45, 7) is 0.0955. The molecule has 0 radical (unpaired) electrons. The Balaban J connectivity index is 1.36. The first kappa shape index (κ1) is 24.2. The maximum atomic E-state index is 13.0. The van der Waals surface area contributed by atoms with E-state index < -0.39 is 10.0 Å². The minimum absolute atomic E-state index is 0.0955. The van der Waals surface area contributed by atoms with Gasteiger partial charge in [0.2, 0.25) is 10.0 Å². The summed E-state index contributed by atoms with van der Waals surface area (Å²) in [4.78, 5) is 13.0. The lowest BCUT2D eigenvalue weighted by Gasteiger charge is -2.23. The third-order valence-corrected chi connectivity index (χ3v) is 7.93. The van der Waals surface area contributed by atoms with E-state index in [2.05, 4.69) is 17.4 Å². The molecule has 6 nitrogen and oxygen atoms in total. The fraction of sp³-hybridized carbons (Fsp3) is 0.179. The molecule has 0 unspecified atom stereocenters. The van der Waals surface area contributed by atoms with Gasteiger partial charge in [-0.1, -0.05) is 48.0 Å². The monoisotopic (exact) mass is 520 g/mol. The zero-order chi connectivity index (χ0) is 25.4. The van der Waals surface area contributed by atoms with Crippen molar-refractivity contribution in [2.45, 2.75) is 19.4 Å². The predicted octanol–water partition coefficient (Wildman–Crippen LogP) is 5.82. The first-order chi connectivity index (χ1) is 17.2. The quantitative estimate of drug-likeness (QED) is 0.333. The van der Waals surface area contributed by atoms with E-state index in [-0.39, 0.29) is 12.5 Å². The molecule has 1 aliphatic rings. The van der Waals surface area contributed by atoms with Gasteiger partial charge in [-0.3, -0.25) is 9.10 Å². The van der Waals surface area contributed by atoms with Crippen LogP contribution in [0, 0.1) is 0 Å². The number of benzene rings is 4. The van der Waals surface area contributed by atoms with Crippen molar-refractivity contribution < 1.29 is 17.9 Å². The Morgan fingerprint density at radius 1 is 1.00 bits per heavy atom. The number of aryl methyl sites for hydroxylation is 2. The van der Waals surface area contributed by atoms with Gasteiger partial charge in [0.05, 0.1) is 30.6 Å². The minimum atomic E-state index is -3.59. The van der Waals surface area contributed by atoms with E-state index in [4.69, 9.17) is 16.3 Å². The van der Waals surface area contributed by atoms with Crippen molar-refractivity contribution >= 4 is 49.7 Å². The summed E-state index contributed by atoms with van der Waals surface area (Å²) in [5.74, 6) is 0.242. The number of nitrogens with one attached hydrogen (secondary N) is 1. The third-order valence-electron chi connectivity index (χ3n) is 6.49. The molecule has 8 heteroatoms. The number of anilines is 2. The lowest BCUT2D eigenvalue weighted by atomic mass is 10.0. The predicted molar refractivity (Wildman–Crippen MR) is 145 cm³/mol. The van der Waals surface area contributed by atoms with Crippen LogP contribution in [0.3, 0.4) is 0 Å². The number of carbonyl (C=O) groups is 1. The summed E-state index contributed by atoms with van der Waals surface area (Å²) in [6, 6.07) is 22.0. The Morgan fingerprint density at radius 3 is 2.39 bits per heavy atom. The van der Waals surface area contributed by atoms with Crippen molar-refractivity contribution in [2.75, 3.05) is 23.0 Å². The van der Waals surface area contributed by atoms with E-state index in [1.54, 1.807) is 42.5 Å². The molecule has 0 bridgehead atoms. The number of carbonyl (C=O) groups excluding carboxylic acids is 1. The molecule has 0 spiro atoms. The van der Waals surface area contributed by atoms with Crippen LogP contribution in [-0.2, 0) is 29.4 Å². The largest absolute Gasteiger partial charge is 0.495 e. The normalized spacial score (nSPS) is 12.5. The van der Waals surface area contributed by atoms with Crippen LogP contribution in [0.2, 0.25) is 5.02 Å². The van der Waals surface area contributed by atoms with Crippen molar-refractivity contribution in [3.05, 3.63) is 100 Å². The van der Waals surface area contributed by atoms with Crippen LogP contribution in [0.4, 0.5) is 11.4 Å². The van der Waals surface area contributed by atoms with Gasteiger partial charge in [0.15, 0.2) is 0 Å². The molecular weight excluding hydrogens is 496 g/mol. The molecule has 5 rings (SSSR count). The number of methoxy groups -OCH3 is 1. The average Bonchev–Trinajstić information content (AvgIpc) is 3.28. The highest BCUT2D eigenvalue weighted by atomic mass is 35.5. The Morgan fingerprint density at radius 2 is 1.72 bits per heavy atom. The molecule has 0 fully saturated rings. The second-order valence-electron chi connectivity index (χ2n) is 8.85. The van der Waals surface area contributed by atoms with E-state index in [0.29, 0.717) is 22.0 Å². The van der Waals surface area contributed by atoms with Gasteiger partial charge < -0.3 is 10.1 Å². The first-order valence-electron chi connectivity index (χ1n) is 11.5. The maximum Gasteiger partial charge on any atom is 0.255 e. The Bertz CT molecular complexity index is 1570. The van der Waals surface area contributed by atoms with Crippen LogP contribution >= 0.6 is 11.6 Å². The standard InChI is InChI=1S/C28H25ClN2O4S/c1-35-26-15-13-22(16-24(26)29)31(36(2,33)34)17-18-6-8-21(9-7-18)28(32)30-25-14-12-20-11-10-19-4-3-5-23(25)27(19)20/h3-9,12-16H,10-11,17H2,1-2H3,(H,30,32). The third kappa shape index (κ3) is 4.64. The summed E-state index contributed by atoms with van der Waals surface area (Å²) >= 11 is 6.21. The molecule has 4 aromatic rings. The molecule has 1 amide bonds. The number of ether oxygens (including phenoxy) is 1. The van der Waals surface area contributed by atoms with Crippen molar-refractivity contribution in [1.29, 1.82) is 0 Å². The number of halogens is 1. The van der Waals surface area contributed by atoms with E-state index in [0.717, 1.165) is 35.7 Å². The number of sulfonamides is 1. The van der Waals surface area contributed by atoms with Crippen LogP contribution in [0.25, 0.3) is 10.8 Å². The van der Waals surface area contributed by atoms with Crippen LogP contribution in [0.15, 0.2) is 72.8 Å². The lowest BCUT2D eigenvalue weighted by Crippen LogP contribution is -2.29. The number of nitrogens with zero attached hydrogens (tertiary/aromatic N) is 1. The highest BCUT2D eigenvalue weighted by Crippen LogP contribution is 2.35. The van der Waals surface area contributed by atoms with Crippen LogP contribution in [0.1, 0.15) is 27.0 Å². The van der Waals surface area contributed by atoms with Gasteiger partial charge in [0.25, 0.3) is 5.91 Å². The number of rotatable bonds is 7. The Hall–Kier alpha value is -3.55. The molecular formula is C28H25ClN2O4S. The van der Waals surface area contributed by atoms with Gasteiger partial charge in [-0.25, -0.2) is 8.42 Å². The SMILES string of the molecule is COc1ccc(N(Cc2ccc(C(=O)Nc3ccc4c5c(cccc35)CC4)cc2)S(C)(=O)=O)cc1Cl. The minimum Gasteiger partial charge on any atom is -0.495 e. The van der Waals surface area contributed by atoms with E-state index in [1.165, 1.54) is 27.9 Å². The molecule has 0 saturated carbocycles. The second-order valence-corrected chi connectivity index (χ2v) is 11.2. The number of hydrogen-bond acceptors (Lipinski definition) is 4.